The maximum Gasteiger partial charge on any atom is 0.341 e. The first kappa shape index (κ1) is 13.8. The number of ketones is 1. The second kappa shape index (κ2) is 5.03. The maximum absolute atomic E-state index is 11.2. The van der Waals surface area contributed by atoms with Crippen LogP contribution in [0, 0.1) is 0 Å². The van der Waals surface area contributed by atoms with Crippen molar-refractivity contribution in [2.24, 2.45) is 0 Å². The number of halogens is 4. The van der Waals surface area contributed by atoms with Crippen molar-refractivity contribution < 1.29 is 4.79 Å². The van der Waals surface area contributed by atoms with Crippen molar-refractivity contribution in [1.82, 2.24) is 0 Å². The summed E-state index contributed by atoms with van der Waals surface area (Å²) < 4.78 is 0. The number of carbonyl (C=O) groups is 1. The van der Waals surface area contributed by atoms with Crippen LogP contribution >= 0.6 is 44.8 Å². The summed E-state index contributed by atoms with van der Waals surface area (Å²) in [6, 6.07) is -2.31. The summed E-state index contributed by atoms with van der Waals surface area (Å²) in [5.74, 6) is -0.239. The Labute approximate surface area is 98.1 Å². The first-order valence-corrected chi connectivity index (χ1v) is 9.23. The molecule has 0 rings (SSSR count). The molecular weight excluding hydrogens is 270 g/mol. The standard InChI is InChI=1S/C7H10Cl4OSi/c1-3-6(12)7(2,8)4-5-13(9,10)11/h3H,1,4-5H2,2H3. The van der Waals surface area contributed by atoms with Crippen molar-refractivity contribution in [3.05, 3.63) is 12.7 Å². The van der Waals surface area contributed by atoms with E-state index in [1.54, 1.807) is 6.92 Å². The van der Waals surface area contributed by atoms with Gasteiger partial charge < -0.3 is 0 Å². The highest BCUT2D eigenvalue weighted by Crippen LogP contribution is 2.32. The van der Waals surface area contributed by atoms with Crippen LogP contribution in [0.15, 0.2) is 12.7 Å². The second-order valence-electron chi connectivity index (χ2n) is 2.88. The Morgan fingerprint density at radius 2 is 2.00 bits per heavy atom. The molecule has 1 unspecified atom stereocenters. The first-order chi connectivity index (χ1) is 5.69. The summed E-state index contributed by atoms with van der Waals surface area (Å²) in [7, 11) is 0. The van der Waals surface area contributed by atoms with E-state index in [0.717, 1.165) is 0 Å². The van der Waals surface area contributed by atoms with Crippen LogP contribution in [0.25, 0.3) is 0 Å². The Balaban J connectivity index is 4.19. The minimum Gasteiger partial charge on any atom is -0.293 e. The van der Waals surface area contributed by atoms with Gasteiger partial charge in [0.2, 0.25) is 0 Å². The Bertz CT molecular complexity index is 209. The largest absolute Gasteiger partial charge is 0.341 e. The highest BCUT2D eigenvalue weighted by Gasteiger charge is 2.33. The lowest BCUT2D eigenvalue weighted by molar-refractivity contribution is -0.116. The van der Waals surface area contributed by atoms with Crippen LogP contribution in [0.2, 0.25) is 6.04 Å². The molecule has 13 heavy (non-hydrogen) atoms. The number of carbonyl (C=O) groups excluding carboxylic acids is 1. The fraction of sp³-hybridized carbons (Fsp3) is 0.571. The summed E-state index contributed by atoms with van der Waals surface area (Å²) in [5.41, 5.74) is 0. The molecule has 0 spiro atoms. The monoisotopic (exact) mass is 278 g/mol. The molecule has 0 aromatic rings. The quantitative estimate of drug-likeness (QED) is 0.324. The lowest BCUT2D eigenvalue weighted by Crippen LogP contribution is -2.29. The summed E-state index contributed by atoms with van der Waals surface area (Å²) in [6.07, 6.45) is 1.55. The molecule has 76 valence electrons. The molecule has 0 aromatic heterocycles. The number of allylic oxidation sites excluding steroid dienone is 1. The first-order valence-electron chi connectivity index (χ1n) is 3.61. The van der Waals surface area contributed by atoms with Crippen LogP contribution in [0.3, 0.4) is 0 Å². The van der Waals surface area contributed by atoms with Gasteiger partial charge in [0.25, 0.3) is 0 Å². The zero-order valence-electron chi connectivity index (χ0n) is 7.12. The van der Waals surface area contributed by atoms with Crippen LogP contribution in [-0.2, 0) is 4.79 Å². The molecule has 0 aliphatic rings. The Kier molecular flexibility index (Phi) is 5.34. The Hall–Kier alpha value is 0.787. The zero-order valence-corrected chi connectivity index (χ0v) is 11.1. The van der Waals surface area contributed by atoms with E-state index < -0.39 is 10.9 Å². The average Bonchev–Trinajstić information content (AvgIpc) is 1.98. The van der Waals surface area contributed by atoms with Crippen molar-refractivity contribution in [3.8, 4) is 0 Å². The van der Waals surface area contributed by atoms with Gasteiger partial charge in [-0.1, -0.05) is 6.58 Å². The van der Waals surface area contributed by atoms with Gasteiger partial charge >= 0.3 is 6.00 Å². The van der Waals surface area contributed by atoms with Crippen LogP contribution in [-0.4, -0.2) is 16.7 Å². The number of rotatable bonds is 5. The highest BCUT2D eigenvalue weighted by atomic mass is 35.8. The van der Waals surface area contributed by atoms with E-state index >= 15 is 0 Å². The molecule has 0 radical (unpaired) electrons. The molecular formula is C7H10Cl4OSi. The van der Waals surface area contributed by atoms with Gasteiger partial charge in [-0.05, 0) is 25.5 Å². The van der Waals surface area contributed by atoms with E-state index in [4.69, 9.17) is 44.8 Å². The van der Waals surface area contributed by atoms with Crippen LogP contribution in [0.5, 0.6) is 0 Å². The Morgan fingerprint density at radius 3 is 2.31 bits per heavy atom. The van der Waals surface area contributed by atoms with E-state index in [1.807, 2.05) is 0 Å². The molecule has 0 fully saturated rings. The fourth-order valence-electron chi connectivity index (χ4n) is 0.712. The van der Waals surface area contributed by atoms with Gasteiger partial charge in [-0.15, -0.1) is 44.8 Å². The summed E-state index contributed by atoms with van der Waals surface area (Å²) in [6.45, 7) is 4.95. The third-order valence-electron chi connectivity index (χ3n) is 1.58. The van der Waals surface area contributed by atoms with E-state index in [0.29, 0.717) is 12.5 Å². The van der Waals surface area contributed by atoms with E-state index in [2.05, 4.69) is 6.58 Å². The van der Waals surface area contributed by atoms with Gasteiger partial charge in [-0.25, -0.2) is 0 Å². The van der Waals surface area contributed by atoms with Gasteiger partial charge in [-0.2, -0.15) is 0 Å². The maximum atomic E-state index is 11.2. The van der Waals surface area contributed by atoms with Crippen LogP contribution in [0.1, 0.15) is 13.3 Å². The lowest BCUT2D eigenvalue weighted by Gasteiger charge is -2.19. The molecule has 0 amide bonds. The SMILES string of the molecule is C=CC(=O)C(C)(Cl)CC[Si](Cl)(Cl)Cl. The lowest BCUT2D eigenvalue weighted by atomic mass is 10.0. The second-order valence-corrected chi connectivity index (χ2v) is 13.0. The third-order valence-corrected chi connectivity index (χ3v) is 4.47. The van der Waals surface area contributed by atoms with Gasteiger partial charge in [0.15, 0.2) is 5.78 Å². The van der Waals surface area contributed by atoms with E-state index in [9.17, 15) is 4.79 Å². The van der Waals surface area contributed by atoms with Crippen molar-refractivity contribution in [1.29, 1.82) is 0 Å². The molecule has 1 nitrogen and oxygen atoms in total. The molecule has 0 heterocycles. The van der Waals surface area contributed by atoms with Gasteiger partial charge in [0.1, 0.15) is 4.87 Å². The zero-order chi connectivity index (χ0) is 10.7. The molecule has 0 saturated heterocycles. The van der Waals surface area contributed by atoms with Gasteiger partial charge in [-0.3, -0.25) is 4.79 Å². The van der Waals surface area contributed by atoms with Crippen molar-refractivity contribution >= 4 is 56.6 Å². The number of hydrogen-bond acceptors (Lipinski definition) is 1. The number of hydrogen-bond donors (Lipinski definition) is 0. The Morgan fingerprint density at radius 1 is 1.54 bits per heavy atom. The molecule has 0 saturated carbocycles. The summed E-state index contributed by atoms with van der Waals surface area (Å²) >= 11 is 22.9. The van der Waals surface area contributed by atoms with Gasteiger partial charge in [0.05, 0.1) is 0 Å². The predicted octanol–water partition coefficient (Wildman–Crippen LogP) is 3.78. The molecule has 0 aromatic carbocycles. The molecule has 1 atom stereocenters. The minimum atomic E-state index is -2.68. The molecule has 0 bridgehead atoms. The summed E-state index contributed by atoms with van der Waals surface area (Å²) in [5, 5.41) is 0. The highest BCUT2D eigenvalue weighted by molar-refractivity contribution is 7.64. The normalized spacial score (nSPS) is 16.4. The topological polar surface area (TPSA) is 17.1 Å². The molecule has 6 heteroatoms. The van der Waals surface area contributed by atoms with Crippen molar-refractivity contribution in [2.45, 2.75) is 24.3 Å². The summed E-state index contributed by atoms with van der Waals surface area (Å²) in [4.78, 5) is 10.2. The van der Waals surface area contributed by atoms with Crippen LogP contribution in [0.4, 0.5) is 0 Å². The average molecular weight is 280 g/mol. The number of alkyl halides is 1. The fourth-order valence-corrected chi connectivity index (χ4v) is 2.68. The predicted molar refractivity (Wildman–Crippen MR) is 62.2 cm³/mol. The third kappa shape index (κ3) is 5.97. The smallest absolute Gasteiger partial charge is 0.293 e. The molecule has 0 aliphatic heterocycles. The minimum absolute atomic E-state index is 0.239. The molecule has 0 N–H and O–H groups in total. The van der Waals surface area contributed by atoms with E-state index in [1.165, 1.54) is 6.08 Å². The van der Waals surface area contributed by atoms with Gasteiger partial charge in [0, 0.05) is 0 Å². The molecule has 0 aliphatic carbocycles. The van der Waals surface area contributed by atoms with Crippen molar-refractivity contribution in [3.63, 3.8) is 0 Å². The van der Waals surface area contributed by atoms with Crippen molar-refractivity contribution in [2.75, 3.05) is 0 Å². The van der Waals surface area contributed by atoms with E-state index in [-0.39, 0.29) is 5.78 Å². The van der Waals surface area contributed by atoms with Crippen LogP contribution < -0.4 is 0 Å².